The van der Waals surface area contributed by atoms with Gasteiger partial charge in [0.2, 0.25) is 0 Å². The van der Waals surface area contributed by atoms with Crippen LogP contribution in [-0.4, -0.2) is 9.36 Å². The third-order valence-corrected chi connectivity index (χ3v) is 4.18. The zero-order valence-corrected chi connectivity index (χ0v) is 12.5. The fourth-order valence-electron chi connectivity index (χ4n) is 2.01. The van der Waals surface area contributed by atoms with Crippen LogP contribution in [0.3, 0.4) is 0 Å². The molecular weight excluding hydrogens is 240 g/mol. The SMILES string of the molecule is Cc1c(C(C)C)nsc1-c1ccc(C(C)C)cn1. The molecule has 2 rings (SSSR count). The van der Waals surface area contributed by atoms with E-state index in [9.17, 15) is 0 Å². The van der Waals surface area contributed by atoms with Crippen molar-refractivity contribution in [2.45, 2.75) is 46.5 Å². The average molecular weight is 260 g/mol. The minimum absolute atomic E-state index is 0.477. The van der Waals surface area contributed by atoms with E-state index in [2.05, 4.69) is 56.1 Å². The molecule has 0 unspecified atom stereocenters. The molecule has 0 N–H and O–H groups in total. The minimum atomic E-state index is 0.477. The second kappa shape index (κ2) is 5.19. The number of hydrogen-bond acceptors (Lipinski definition) is 3. The molecular formula is C15H20N2S. The van der Waals surface area contributed by atoms with Gasteiger partial charge in [-0.2, -0.15) is 4.37 Å². The van der Waals surface area contributed by atoms with E-state index in [1.165, 1.54) is 21.7 Å². The van der Waals surface area contributed by atoms with Gasteiger partial charge in [-0.1, -0.05) is 33.8 Å². The van der Waals surface area contributed by atoms with E-state index < -0.39 is 0 Å². The normalized spacial score (nSPS) is 11.5. The van der Waals surface area contributed by atoms with E-state index in [1.54, 1.807) is 11.5 Å². The van der Waals surface area contributed by atoms with Crippen LogP contribution >= 0.6 is 11.5 Å². The third kappa shape index (κ3) is 2.46. The Hall–Kier alpha value is -1.22. The molecule has 18 heavy (non-hydrogen) atoms. The van der Waals surface area contributed by atoms with Crippen molar-refractivity contribution in [1.82, 2.24) is 9.36 Å². The summed E-state index contributed by atoms with van der Waals surface area (Å²) in [7, 11) is 0. The summed E-state index contributed by atoms with van der Waals surface area (Å²) in [6.07, 6.45) is 1.98. The molecule has 0 aliphatic heterocycles. The predicted molar refractivity (Wildman–Crippen MR) is 78.3 cm³/mol. The maximum Gasteiger partial charge on any atom is 0.0820 e. The molecule has 0 radical (unpaired) electrons. The highest BCUT2D eigenvalue weighted by Crippen LogP contribution is 2.32. The number of pyridine rings is 1. The van der Waals surface area contributed by atoms with Crippen molar-refractivity contribution in [2.75, 3.05) is 0 Å². The first-order chi connectivity index (χ1) is 8.50. The molecule has 0 fully saturated rings. The minimum Gasteiger partial charge on any atom is -0.255 e. The first kappa shape index (κ1) is 13.2. The van der Waals surface area contributed by atoms with Gasteiger partial charge in [-0.25, -0.2) is 0 Å². The van der Waals surface area contributed by atoms with Gasteiger partial charge in [0.15, 0.2) is 0 Å². The largest absolute Gasteiger partial charge is 0.255 e. The van der Waals surface area contributed by atoms with E-state index in [0.717, 1.165) is 5.69 Å². The molecule has 2 heterocycles. The van der Waals surface area contributed by atoms with Crippen LogP contribution in [0.4, 0.5) is 0 Å². The van der Waals surface area contributed by atoms with Crippen LogP contribution in [0.15, 0.2) is 18.3 Å². The molecule has 2 aromatic heterocycles. The quantitative estimate of drug-likeness (QED) is 0.795. The smallest absolute Gasteiger partial charge is 0.0820 e. The first-order valence-electron chi connectivity index (χ1n) is 6.43. The van der Waals surface area contributed by atoms with Crippen LogP contribution in [0.5, 0.6) is 0 Å². The van der Waals surface area contributed by atoms with Crippen molar-refractivity contribution >= 4 is 11.5 Å². The summed E-state index contributed by atoms with van der Waals surface area (Å²) < 4.78 is 4.55. The van der Waals surface area contributed by atoms with Crippen molar-refractivity contribution in [1.29, 1.82) is 0 Å². The summed E-state index contributed by atoms with van der Waals surface area (Å²) in [6.45, 7) is 10.9. The molecule has 0 bridgehead atoms. The van der Waals surface area contributed by atoms with Crippen LogP contribution in [0.25, 0.3) is 10.6 Å². The molecule has 2 aromatic rings. The summed E-state index contributed by atoms with van der Waals surface area (Å²) in [5, 5.41) is 0. The highest BCUT2D eigenvalue weighted by molar-refractivity contribution is 7.09. The van der Waals surface area contributed by atoms with Crippen molar-refractivity contribution < 1.29 is 0 Å². The van der Waals surface area contributed by atoms with E-state index in [1.807, 2.05) is 6.20 Å². The number of aromatic nitrogens is 2. The van der Waals surface area contributed by atoms with Gasteiger partial charge in [-0.3, -0.25) is 4.98 Å². The summed E-state index contributed by atoms with van der Waals surface area (Å²) in [6, 6.07) is 4.28. The van der Waals surface area contributed by atoms with Crippen molar-refractivity contribution in [3.05, 3.63) is 35.2 Å². The van der Waals surface area contributed by atoms with Gasteiger partial charge < -0.3 is 0 Å². The van der Waals surface area contributed by atoms with Crippen molar-refractivity contribution in [3.63, 3.8) is 0 Å². The number of nitrogens with zero attached hydrogens (tertiary/aromatic N) is 2. The third-order valence-electron chi connectivity index (χ3n) is 3.19. The van der Waals surface area contributed by atoms with E-state index in [0.29, 0.717) is 11.8 Å². The molecule has 0 spiro atoms. The monoisotopic (exact) mass is 260 g/mol. The fourth-order valence-corrected chi connectivity index (χ4v) is 3.00. The summed E-state index contributed by atoms with van der Waals surface area (Å²) in [5.74, 6) is 1.00. The lowest BCUT2D eigenvalue weighted by molar-refractivity contribution is 0.831. The Balaban J connectivity index is 2.37. The van der Waals surface area contributed by atoms with Gasteiger partial charge >= 0.3 is 0 Å². The zero-order valence-electron chi connectivity index (χ0n) is 11.7. The van der Waals surface area contributed by atoms with E-state index >= 15 is 0 Å². The van der Waals surface area contributed by atoms with Crippen LogP contribution < -0.4 is 0 Å². The first-order valence-corrected chi connectivity index (χ1v) is 7.20. The Labute approximate surface area is 113 Å². The van der Waals surface area contributed by atoms with E-state index in [4.69, 9.17) is 0 Å². The lowest BCUT2D eigenvalue weighted by Crippen LogP contribution is -1.92. The number of rotatable bonds is 3. The average Bonchev–Trinajstić information content (AvgIpc) is 2.71. The molecule has 3 heteroatoms. The van der Waals surface area contributed by atoms with Gasteiger partial charge in [-0.05, 0) is 47.5 Å². The molecule has 0 saturated heterocycles. The Kier molecular flexibility index (Phi) is 3.81. The van der Waals surface area contributed by atoms with Gasteiger partial charge in [-0.15, -0.1) is 0 Å². The second-order valence-corrected chi connectivity index (χ2v) is 6.08. The molecule has 96 valence electrons. The molecule has 0 aliphatic carbocycles. The predicted octanol–water partition coefficient (Wildman–Crippen LogP) is 4.76. The molecule has 0 saturated carbocycles. The van der Waals surface area contributed by atoms with Gasteiger partial charge in [0, 0.05) is 6.20 Å². The molecule has 0 aromatic carbocycles. The van der Waals surface area contributed by atoms with Gasteiger partial charge in [0.05, 0.1) is 16.3 Å². The van der Waals surface area contributed by atoms with Crippen LogP contribution in [0, 0.1) is 6.92 Å². The summed E-state index contributed by atoms with van der Waals surface area (Å²) in [5.41, 5.74) is 4.80. The Bertz CT molecular complexity index is 524. The van der Waals surface area contributed by atoms with Crippen LogP contribution in [-0.2, 0) is 0 Å². The number of hydrogen-bond donors (Lipinski definition) is 0. The maximum absolute atomic E-state index is 4.57. The molecule has 2 nitrogen and oxygen atoms in total. The molecule has 0 aliphatic rings. The highest BCUT2D eigenvalue weighted by atomic mass is 32.1. The second-order valence-electron chi connectivity index (χ2n) is 5.31. The molecule has 0 amide bonds. The van der Waals surface area contributed by atoms with Crippen LogP contribution in [0.1, 0.15) is 56.4 Å². The molecule has 0 atom stereocenters. The summed E-state index contributed by atoms with van der Waals surface area (Å²) in [4.78, 5) is 5.78. The van der Waals surface area contributed by atoms with E-state index in [-0.39, 0.29) is 0 Å². The zero-order chi connectivity index (χ0) is 13.3. The fraction of sp³-hybridized carbons (Fsp3) is 0.467. The van der Waals surface area contributed by atoms with Gasteiger partial charge in [0.1, 0.15) is 0 Å². The maximum atomic E-state index is 4.57. The van der Waals surface area contributed by atoms with Gasteiger partial charge in [0.25, 0.3) is 0 Å². The lowest BCUT2D eigenvalue weighted by atomic mass is 10.0. The lowest BCUT2D eigenvalue weighted by Gasteiger charge is -2.06. The topological polar surface area (TPSA) is 25.8 Å². The van der Waals surface area contributed by atoms with Crippen LogP contribution in [0.2, 0.25) is 0 Å². The Morgan fingerprint density at radius 1 is 1.06 bits per heavy atom. The highest BCUT2D eigenvalue weighted by Gasteiger charge is 2.14. The standard InChI is InChI=1S/C15H20N2S/c1-9(2)12-6-7-13(16-8-12)15-11(5)14(10(3)4)17-18-15/h6-10H,1-5H3. The Morgan fingerprint density at radius 3 is 2.22 bits per heavy atom. The van der Waals surface area contributed by atoms with Crippen molar-refractivity contribution in [2.24, 2.45) is 0 Å². The Morgan fingerprint density at radius 2 is 1.78 bits per heavy atom. The van der Waals surface area contributed by atoms with Crippen molar-refractivity contribution in [3.8, 4) is 10.6 Å². The summed E-state index contributed by atoms with van der Waals surface area (Å²) >= 11 is 1.56.